The second kappa shape index (κ2) is 14.7. The van der Waals surface area contributed by atoms with E-state index in [-0.39, 0.29) is 25.8 Å². The van der Waals surface area contributed by atoms with Gasteiger partial charge in [0, 0.05) is 32.1 Å². The fourth-order valence-electron chi connectivity index (χ4n) is 5.51. The van der Waals surface area contributed by atoms with Gasteiger partial charge in [-0.25, -0.2) is 0 Å². The number of nitrogens with one attached hydrogen (secondary N) is 2. The first-order valence-corrected chi connectivity index (χ1v) is 15.2. The molecule has 9 nitrogen and oxygen atoms in total. The number of likely N-dealkylation sites (tertiary alicyclic amines) is 1. The van der Waals surface area contributed by atoms with E-state index in [1.54, 1.807) is 60.7 Å². The molecule has 3 rings (SSSR count). The Kier molecular flexibility index (Phi) is 11.4. The first-order chi connectivity index (χ1) is 21.5. The SMILES string of the molecule is C=C[C@]1(C(=O)Nc2ccccc2)C[C@@H](C#N)N(C(=O)[C@H](CC(C)(C)C)N(C)C(=O)[C@H](C)NC(=O)C(F)(F)CCc2ccccc2)C1. The Bertz CT molecular complexity index is 1450. The maximum Gasteiger partial charge on any atom is 0.324 e. The Morgan fingerprint density at radius 1 is 1.11 bits per heavy atom. The highest BCUT2D eigenvalue weighted by molar-refractivity contribution is 5.98. The molecule has 11 heteroatoms. The highest BCUT2D eigenvalue weighted by atomic mass is 19.3. The summed E-state index contributed by atoms with van der Waals surface area (Å²) in [4.78, 5) is 56.1. The second-order valence-corrected chi connectivity index (χ2v) is 13.1. The second-order valence-electron chi connectivity index (χ2n) is 13.1. The molecule has 1 fully saturated rings. The molecule has 246 valence electrons. The monoisotopic (exact) mass is 635 g/mol. The molecule has 1 heterocycles. The topological polar surface area (TPSA) is 123 Å². The number of halogens is 2. The molecule has 4 atom stereocenters. The quantitative estimate of drug-likeness (QED) is 0.320. The van der Waals surface area contributed by atoms with Crippen LogP contribution in [0.25, 0.3) is 0 Å². The molecule has 0 bridgehead atoms. The van der Waals surface area contributed by atoms with Crippen LogP contribution in [0.4, 0.5) is 14.5 Å². The average Bonchev–Trinajstić information content (AvgIpc) is 3.43. The van der Waals surface area contributed by atoms with E-state index in [4.69, 9.17) is 0 Å². The van der Waals surface area contributed by atoms with Crippen LogP contribution in [0.2, 0.25) is 0 Å². The molecule has 0 aromatic heterocycles. The first kappa shape index (κ1) is 35.9. The molecule has 2 aromatic carbocycles. The van der Waals surface area contributed by atoms with Gasteiger partial charge in [-0.2, -0.15) is 14.0 Å². The van der Waals surface area contributed by atoms with Gasteiger partial charge in [0.05, 0.1) is 11.5 Å². The zero-order valence-corrected chi connectivity index (χ0v) is 27.1. The van der Waals surface area contributed by atoms with Gasteiger partial charge in [-0.15, -0.1) is 6.58 Å². The molecule has 0 aliphatic carbocycles. The Balaban J connectivity index is 1.78. The molecule has 4 amide bonds. The minimum atomic E-state index is -3.73. The van der Waals surface area contributed by atoms with Gasteiger partial charge in [-0.1, -0.05) is 75.4 Å². The number of rotatable bonds is 12. The van der Waals surface area contributed by atoms with Gasteiger partial charge in [0.15, 0.2) is 0 Å². The number of likely N-dealkylation sites (N-methyl/N-ethyl adjacent to an activating group) is 1. The molecule has 46 heavy (non-hydrogen) atoms. The molecular weight excluding hydrogens is 592 g/mol. The van der Waals surface area contributed by atoms with Crippen molar-refractivity contribution >= 4 is 29.3 Å². The van der Waals surface area contributed by atoms with Gasteiger partial charge in [0.1, 0.15) is 18.1 Å². The van der Waals surface area contributed by atoms with E-state index in [0.29, 0.717) is 11.3 Å². The number of alkyl halides is 2. The largest absolute Gasteiger partial charge is 0.339 e. The van der Waals surface area contributed by atoms with Crippen molar-refractivity contribution in [2.24, 2.45) is 10.8 Å². The van der Waals surface area contributed by atoms with E-state index in [0.717, 1.165) is 4.90 Å². The number of aryl methyl sites for hydroxylation is 1. The number of hydrogen-bond donors (Lipinski definition) is 2. The number of benzene rings is 2. The molecule has 0 spiro atoms. The van der Waals surface area contributed by atoms with Crippen molar-refractivity contribution in [2.45, 2.75) is 77.4 Å². The predicted octanol–water partition coefficient (Wildman–Crippen LogP) is 4.96. The smallest absolute Gasteiger partial charge is 0.324 e. The Hall–Kier alpha value is -4.59. The zero-order chi connectivity index (χ0) is 34.3. The number of carbonyl (C=O) groups excluding carboxylic acids is 4. The molecule has 0 unspecified atom stereocenters. The lowest BCUT2D eigenvalue weighted by atomic mass is 9.84. The average molecular weight is 636 g/mol. The lowest BCUT2D eigenvalue weighted by Crippen LogP contribution is -2.57. The number of amides is 4. The number of carbonyl (C=O) groups is 4. The van der Waals surface area contributed by atoms with Crippen LogP contribution < -0.4 is 10.6 Å². The summed E-state index contributed by atoms with van der Waals surface area (Å²) in [5.74, 6) is -7.06. The molecule has 0 saturated carbocycles. The number of para-hydroxylation sites is 1. The zero-order valence-electron chi connectivity index (χ0n) is 27.1. The van der Waals surface area contributed by atoms with E-state index in [1.807, 2.05) is 20.8 Å². The van der Waals surface area contributed by atoms with Gasteiger partial charge < -0.3 is 20.4 Å². The van der Waals surface area contributed by atoms with Gasteiger partial charge in [-0.3, -0.25) is 19.2 Å². The maximum atomic E-state index is 14.8. The van der Waals surface area contributed by atoms with Crippen LogP contribution in [-0.4, -0.2) is 71.1 Å². The van der Waals surface area contributed by atoms with Crippen molar-refractivity contribution in [3.63, 3.8) is 0 Å². The fourth-order valence-corrected chi connectivity index (χ4v) is 5.51. The molecule has 0 radical (unpaired) electrons. The molecule has 1 saturated heterocycles. The van der Waals surface area contributed by atoms with E-state index in [9.17, 15) is 33.2 Å². The summed E-state index contributed by atoms with van der Waals surface area (Å²) in [6, 6.07) is 16.0. The predicted molar refractivity (Wildman–Crippen MR) is 171 cm³/mol. The number of anilines is 1. The fraction of sp³-hybridized carbons (Fsp3) is 0.457. The first-order valence-electron chi connectivity index (χ1n) is 15.2. The van der Waals surface area contributed by atoms with Crippen molar-refractivity contribution in [2.75, 3.05) is 18.9 Å². The standard InChI is InChI=1S/C35H43F2N5O4/c1-7-34(31(45)40-26-16-12-9-13-17-26)20-27(22-38)42(23-34)30(44)28(21-33(3,4)5)41(6)29(43)24(2)39-32(46)35(36,37)19-18-25-14-10-8-11-15-25/h7-17,24,27-28H,1,18-21,23H2,2-6H3,(H,39,46)(H,40,45)/t24-,27-,28-,34-/m0/s1. The van der Waals surface area contributed by atoms with E-state index >= 15 is 0 Å². The Morgan fingerprint density at radius 3 is 2.24 bits per heavy atom. The summed E-state index contributed by atoms with van der Waals surface area (Å²) < 4.78 is 29.5. The van der Waals surface area contributed by atoms with Crippen molar-refractivity contribution in [1.82, 2.24) is 15.1 Å². The Morgan fingerprint density at radius 2 is 1.70 bits per heavy atom. The highest BCUT2D eigenvalue weighted by Crippen LogP contribution is 2.39. The van der Waals surface area contributed by atoms with Crippen molar-refractivity contribution < 1.29 is 28.0 Å². The molecule has 2 N–H and O–H groups in total. The van der Waals surface area contributed by atoms with E-state index in [1.165, 1.54) is 24.9 Å². The van der Waals surface area contributed by atoms with Crippen LogP contribution >= 0.6 is 0 Å². The summed E-state index contributed by atoms with van der Waals surface area (Å²) in [5.41, 5.74) is -0.552. The van der Waals surface area contributed by atoms with Crippen molar-refractivity contribution in [3.8, 4) is 6.07 Å². The third kappa shape index (κ3) is 8.77. The minimum Gasteiger partial charge on any atom is -0.339 e. The number of nitriles is 1. The Labute approximate surface area is 269 Å². The normalized spacial score (nSPS) is 19.3. The van der Waals surface area contributed by atoms with Crippen molar-refractivity contribution in [1.29, 1.82) is 5.26 Å². The number of nitrogens with zero attached hydrogens (tertiary/aromatic N) is 3. The molecule has 1 aliphatic rings. The summed E-state index contributed by atoms with van der Waals surface area (Å²) in [6.45, 7) is 10.6. The van der Waals surface area contributed by atoms with Crippen LogP contribution in [-0.2, 0) is 25.6 Å². The molecule has 2 aromatic rings. The maximum absolute atomic E-state index is 14.8. The molecule has 1 aliphatic heterocycles. The van der Waals surface area contributed by atoms with Gasteiger partial charge in [0.25, 0.3) is 5.91 Å². The lowest BCUT2D eigenvalue weighted by Gasteiger charge is -2.37. The van der Waals surface area contributed by atoms with Crippen LogP contribution in [0.3, 0.4) is 0 Å². The summed E-state index contributed by atoms with van der Waals surface area (Å²) in [6.07, 6.45) is 0.830. The van der Waals surface area contributed by atoms with Crippen LogP contribution in [0, 0.1) is 22.2 Å². The van der Waals surface area contributed by atoms with Crippen LogP contribution in [0.1, 0.15) is 52.5 Å². The number of hydrogen-bond acceptors (Lipinski definition) is 5. The van der Waals surface area contributed by atoms with E-state index in [2.05, 4.69) is 23.3 Å². The van der Waals surface area contributed by atoms with Crippen LogP contribution in [0.5, 0.6) is 0 Å². The van der Waals surface area contributed by atoms with Crippen LogP contribution in [0.15, 0.2) is 73.3 Å². The third-order valence-electron chi connectivity index (χ3n) is 8.22. The van der Waals surface area contributed by atoms with Gasteiger partial charge >= 0.3 is 5.92 Å². The summed E-state index contributed by atoms with van der Waals surface area (Å²) in [7, 11) is 1.37. The van der Waals surface area contributed by atoms with Crippen molar-refractivity contribution in [3.05, 3.63) is 78.9 Å². The third-order valence-corrected chi connectivity index (χ3v) is 8.22. The molecular formula is C35H43F2N5O4. The van der Waals surface area contributed by atoms with Gasteiger partial charge in [-0.05, 0) is 42.9 Å². The van der Waals surface area contributed by atoms with Gasteiger partial charge in [0.2, 0.25) is 17.7 Å². The summed E-state index contributed by atoms with van der Waals surface area (Å²) in [5, 5.41) is 15.0. The minimum absolute atomic E-state index is 0.00182. The lowest BCUT2D eigenvalue weighted by molar-refractivity contribution is -0.152. The highest BCUT2D eigenvalue weighted by Gasteiger charge is 2.51. The van der Waals surface area contributed by atoms with E-state index < -0.39 is 64.9 Å². The summed E-state index contributed by atoms with van der Waals surface area (Å²) >= 11 is 0.